The molecule has 9 heteroatoms. The summed E-state index contributed by atoms with van der Waals surface area (Å²) in [4.78, 5) is 12.5. The Morgan fingerprint density at radius 2 is 2.04 bits per heavy atom. The Bertz CT molecular complexity index is 704. The van der Waals surface area contributed by atoms with Gasteiger partial charge in [-0.05, 0) is 30.7 Å². The van der Waals surface area contributed by atoms with Crippen LogP contribution in [0.3, 0.4) is 0 Å². The fraction of sp³-hybridized carbons (Fsp3) is 0.267. The Morgan fingerprint density at radius 1 is 1.33 bits per heavy atom. The number of aryl methyl sites for hydroxylation is 1. The molecule has 0 aliphatic heterocycles. The van der Waals surface area contributed by atoms with Crippen molar-refractivity contribution in [3.05, 3.63) is 47.4 Å². The van der Waals surface area contributed by atoms with Crippen LogP contribution >= 0.6 is 24.2 Å². The number of benzene rings is 1. The molecule has 0 atom stereocenters. The van der Waals surface area contributed by atoms with Gasteiger partial charge in [-0.25, -0.2) is 0 Å². The zero-order valence-electron chi connectivity index (χ0n) is 12.6. The van der Waals surface area contributed by atoms with Crippen LogP contribution in [0, 0.1) is 6.92 Å². The number of hydrogen-bond acceptors (Lipinski definition) is 4. The van der Waals surface area contributed by atoms with Gasteiger partial charge in [0.05, 0.1) is 23.5 Å². The summed E-state index contributed by atoms with van der Waals surface area (Å²) in [6.45, 7) is 1.95. The summed E-state index contributed by atoms with van der Waals surface area (Å²) >= 11 is 0.626. The van der Waals surface area contributed by atoms with Crippen molar-refractivity contribution in [1.29, 1.82) is 0 Å². The van der Waals surface area contributed by atoms with Gasteiger partial charge in [0.1, 0.15) is 12.0 Å². The van der Waals surface area contributed by atoms with E-state index in [9.17, 15) is 18.0 Å². The van der Waals surface area contributed by atoms with Gasteiger partial charge in [-0.3, -0.25) is 4.79 Å². The van der Waals surface area contributed by atoms with Gasteiger partial charge in [0.15, 0.2) is 0 Å². The molecule has 0 saturated heterocycles. The number of amides is 1. The number of furan rings is 1. The number of nitrogens with one attached hydrogen (secondary N) is 1. The summed E-state index contributed by atoms with van der Waals surface area (Å²) in [5, 5.41) is 2.61. The first-order chi connectivity index (χ1) is 10.8. The van der Waals surface area contributed by atoms with E-state index in [1.165, 1.54) is 12.3 Å². The Hall–Kier alpha value is -1.64. The highest BCUT2D eigenvalue weighted by molar-refractivity contribution is 7.99. The fourth-order valence-corrected chi connectivity index (χ4v) is 2.58. The van der Waals surface area contributed by atoms with Crippen LogP contribution in [-0.4, -0.2) is 17.8 Å². The van der Waals surface area contributed by atoms with Crippen molar-refractivity contribution in [3.63, 3.8) is 0 Å². The minimum absolute atomic E-state index is 0. The molecule has 0 spiro atoms. The van der Waals surface area contributed by atoms with Gasteiger partial charge in [0, 0.05) is 4.90 Å². The molecule has 0 aliphatic rings. The summed E-state index contributed by atoms with van der Waals surface area (Å²) in [6.07, 6.45) is -3.02. The third kappa shape index (κ3) is 5.77. The van der Waals surface area contributed by atoms with Crippen molar-refractivity contribution in [2.24, 2.45) is 5.73 Å². The number of thioether (sulfide) groups is 1. The molecular formula is C15H16ClF3N2O2S. The molecule has 0 saturated carbocycles. The predicted octanol–water partition coefficient (Wildman–Crippen LogP) is 4.38. The van der Waals surface area contributed by atoms with E-state index in [0.29, 0.717) is 28.1 Å². The molecule has 2 rings (SSSR count). The zero-order valence-corrected chi connectivity index (χ0v) is 14.3. The molecular weight excluding hydrogens is 365 g/mol. The highest BCUT2D eigenvalue weighted by atomic mass is 35.5. The average Bonchev–Trinajstić information content (AvgIpc) is 2.94. The molecule has 1 aromatic carbocycles. The lowest BCUT2D eigenvalue weighted by atomic mass is 10.2. The first-order valence-corrected chi connectivity index (χ1v) is 7.66. The Morgan fingerprint density at radius 3 is 2.62 bits per heavy atom. The highest BCUT2D eigenvalue weighted by Crippen LogP contribution is 2.33. The molecule has 3 N–H and O–H groups in total. The van der Waals surface area contributed by atoms with Crippen LogP contribution in [0.5, 0.6) is 0 Å². The van der Waals surface area contributed by atoms with Gasteiger partial charge in [0.2, 0.25) is 0 Å². The maximum absolute atomic E-state index is 12.4. The lowest BCUT2D eigenvalue weighted by Gasteiger charge is -2.12. The first-order valence-electron chi connectivity index (χ1n) is 6.67. The largest absolute Gasteiger partial charge is 0.467 e. The summed E-state index contributed by atoms with van der Waals surface area (Å²) in [6, 6.07) is 6.37. The number of nitrogens with two attached hydrogens (primary N) is 1. The SMILES string of the molecule is Cc1ccc(SCC(F)(F)F)c(NC(=O)c2coc(CN)c2)c1.Cl. The molecule has 0 bridgehead atoms. The van der Waals surface area contributed by atoms with E-state index in [4.69, 9.17) is 10.2 Å². The number of carbonyl (C=O) groups is 1. The van der Waals surface area contributed by atoms with E-state index < -0.39 is 17.8 Å². The number of carbonyl (C=O) groups excluding carboxylic acids is 1. The van der Waals surface area contributed by atoms with Gasteiger partial charge < -0.3 is 15.5 Å². The van der Waals surface area contributed by atoms with Gasteiger partial charge in [-0.2, -0.15) is 13.2 Å². The van der Waals surface area contributed by atoms with Crippen LogP contribution in [-0.2, 0) is 6.54 Å². The van der Waals surface area contributed by atoms with Gasteiger partial charge in [0.25, 0.3) is 5.91 Å². The van der Waals surface area contributed by atoms with Crippen LogP contribution in [0.1, 0.15) is 21.7 Å². The third-order valence-corrected chi connectivity index (χ3v) is 4.03. The minimum atomic E-state index is -4.28. The highest BCUT2D eigenvalue weighted by Gasteiger charge is 2.28. The number of rotatable bonds is 5. The summed E-state index contributed by atoms with van der Waals surface area (Å²) < 4.78 is 42.2. The predicted molar refractivity (Wildman–Crippen MR) is 89.8 cm³/mol. The van der Waals surface area contributed by atoms with Crippen molar-refractivity contribution >= 4 is 35.8 Å². The van der Waals surface area contributed by atoms with Crippen molar-refractivity contribution in [1.82, 2.24) is 0 Å². The van der Waals surface area contributed by atoms with Crippen LogP contribution < -0.4 is 11.1 Å². The van der Waals surface area contributed by atoms with E-state index >= 15 is 0 Å². The maximum atomic E-state index is 12.4. The van der Waals surface area contributed by atoms with E-state index in [1.807, 2.05) is 0 Å². The lowest BCUT2D eigenvalue weighted by molar-refractivity contribution is -0.105. The molecule has 0 radical (unpaired) electrons. The topological polar surface area (TPSA) is 68.3 Å². The molecule has 1 aromatic heterocycles. The van der Waals surface area contributed by atoms with Gasteiger partial charge >= 0.3 is 6.18 Å². The minimum Gasteiger partial charge on any atom is -0.467 e. The van der Waals surface area contributed by atoms with Crippen LogP contribution in [0.25, 0.3) is 0 Å². The summed E-state index contributed by atoms with van der Waals surface area (Å²) in [7, 11) is 0. The molecule has 24 heavy (non-hydrogen) atoms. The van der Waals surface area contributed by atoms with Crippen LogP contribution in [0.2, 0.25) is 0 Å². The van der Waals surface area contributed by atoms with Crippen LogP contribution in [0.15, 0.2) is 39.8 Å². The standard InChI is InChI=1S/C15H15F3N2O2S.ClH/c1-9-2-3-13(23-8-15(16,17)18)12(4-9)20-14(21)10-5-11(6-19)22-7-10;/h2-5,7H,6,8,19H2,1H3,(H,20,21);1H. The van der Waals surface area contributed by atoms with Crippen molar-refractivity contribution in [3.8, 4) is 0 Å². The van der Waals surface area contributed by atoms with Crippen molar-refractivity contribution in [2.75, 3.05) is 11.1 Å². The lowest BCUT2D eigenvalue weighted by Crippen LogP contribution is -2.13. The Balaban J connectivity index is 0.00000288. The normalized spacial score (nSPS) is 11.0. The van der Waals surface area contributed by atoms with Crippen molar-refractivity contribution in [2.45, 2.75) is 24.5 Å². The second kappa shape index (κ2) is 8.46. The molecule has 1 heterocycles. The molecule has 4 nitrogen and oxygen atoms in total. The molecule has 2 aromatic rings. The second-order valence-corrected chi connectivity index (χ2v) is 5.88. The maximum Gasteiger partial charge on any atom is 0.398 e. The number of hydrogen-bond donors (Lipinski definition) is 2. The monoisotopic (exact) mass is 380 g/mol. The van der Waals surface area contributed by atoms with E-state index in [1.54, 1.807) is 25.1 Å². The van der Waals surface area contributed by atoms with Gasteiger partial charge in [-0.1, -0.05) is 6.07 Å². The molecule has 0 unspecified atom stereocenters. The molecule has 132 valence electrons. The fourth-order valence-electron chi connectivity index (χ4n) is 1.83. The second-order valence-electron chi connectivity index (χ2n) is 4.86. The smallest absolute Gasteiger partial charge is 0.398 e. The number of anilines is 1. The summed E-state index contributed by atoms with van der Waals surface area (Å²) in [5.41, 5.74) is 6.83. The van der Waals surface area contributed by atoms with Crippen LogP contribution in [0.4, 0.5) is 18.9 Å². The van der Waals surface area contributed by atoms with Gasteiger partial charge in [-0.15, -0.1) is 24.2 Å². The zero-order chi connectivity index (χ0) is 17.0. The molecule has 0 aliphatic carbocycles. The Kier molecular flexibility index (Phi) is 7.19. The van der Waals surface area contributed by atoms with Crippen molar-refractivity contribution < 1.29 is 22.4 Å². The quantitative estimate of drug-likeness (QED) is 0.755. The Labute approximate surface area is 147 Å². The van der Waals surface area contributed by atoms with E-state index in [2.05, 4.69) is 5.32 Å². The number of alkyl halides is 3. The average molecular weight is 381 g/mol. The molecule has 0 fully saturated rings. The van der Waals surface area contributed by atoms with E-state index in [0.717, 1.165) is 5.56 Å². The van der Waals surface area contributed by atoms with E-state index in [-0.39, 0.29) is 24.5 Å². The number of halogens is 4. The molecule has 1 amide bonds. The third-order valence-electron chi connectivity index (χ3n) is 2.89. The first kappa shape index (κ1) is 20.4. The summed E-state index contributed by atoms with van der Waals surface area (Å²) in [5.74, 6) is -1.04.